The first-order valence-corrected chi connectivity index (χ1v) is 6.30. The Morgan fingerprint density at radius 1 is 1.05 bits per heavy atom. The molecular formula is C15H12FN5. The zero-order valence-corrected chi connectivity index (χ0v) is 11.3. The van der Waals surface area contributed by atoms with Gasteiger partial charge < -0.3 is 5.73 Å². The van der Waals surface area contributed by atoms with E-state index in [0.717, 1.165) is 17.3 Å². The molecule has 3 aromatic rings. The number of aromatic nitrogens is 4. The van der Waals surface area contributed by atoms with Gasteiger partial charge in [0.2, 0.25) is 5.95 Å². The van der Waals surface area contributed by atoms with Crippen molar-refractivity contribution >= 4 is 5.95 Å². The van der Waals surface area contributed by atoms with Gasteiger partial charge in [-0.05, 0) is 19.1 Å². The molecule has 0 radical (unpaired) electrons. The molecule has 3 aromatic heterocycles. The van der Waals surface area contributed by atoms with Crippen LogP contribution in [0.5, 0.6) is 0 Å². The Kier molecular flexibility index (Phi) is 3.27. The summed E-state index contributed by atoms with van der Waals surface area (Å²) in [4.78, 5) is 16.4. The highest BCUT2D eigenvalue weighted by Gasteiger charge is 2.15. The maximum atomic E-state index is 13.4. The number of rotatable bonds is 2. The second-order valence-electron chi connectivity index (χ2n) is 4.52. The molecule has 0 aliphatic heterocycles. The second kappa shape index (κ2) is 5.24. The lowest BCUT2D eigenvalue weighted by Gasteiger charge is -2.12. The first kappa shape index (κ1) is 13.1. The van der Waals surface area contributed by atoms with E-state index < -0.39 is 5.82 Å². The summed E-state index contributed by atoms with van der Waals surface area (Å²) in [6.07, 6.45) is 6.08. The normalized spacial score (nSPS) is 10.6. The molecule has 0 fully saturated rings. The number of nitrogen functional groups attached to an aromatic ring is 1. The molecule has 0 aliphatic carbocycles. The largest absolute Gasteiger partial charge is 0.368 e. The maximum absolute atomic E-state index is 13.4. The van der Waals surface area contributed by atoms with Gasteiger partial charge in [-0.1, -0.05) is 6.07 Å². The van der Waals surface area contributed by atoms with Gasteiger partial charge in [-0.25, -0.2) is 14.4 Å². The molecule has 0 saturated heterocycles. The van der Waals surface area contributed by atoms with E-state index in [-0.39, 0.29) is 5.95 Å². The Balaban J connectivity index is 2.29. The Labute approximate surface area is 120 Å². The predicted molar refractivity (Wildman–Crippen MR) is 77.6 cm³/mol. The SMILES string of the molecule is Cc1nc(N)nc(-c2cncc(F)c2)c1-c1cccnc1. The van der Waals surface area contributed by atoms with Crippen molar-refractivity contribution in [2.24, 2.45) is 0 Å². The van der Waals surface area contributed by atoms with Crippen molar-refractivity contribution in [2.75, 3.05) is 5.73 Å². The van der Waals surface area contributed by atoms with Crippen LogP contribution < -0.4 is 5.73 Å². The van der Waals surface area contributed by atoms with Crippen molar-refractivity contribution in [3.8, 4) is 22.4 Å². The van der Waals surface area contributed by atoms with E-state index in [1.54, 1.807) is 18.6 Å². The highest BCUT2D eigenvalue weighted by molar-refractivity contribution is 5.82. The van der Waals surface area contributed by atoms with Crippen LogP contribution in [0, 0.1) is 12.7 Å². The first-order valence-electron chi connectivity index (χ1n) is 6.30. The monoisotopic (exact) mass is 281 g/mol. The van der Waals surface area contributed by atoms with Gasteiger partial charge >= 0.3 is 0 Å². The summed E-state index contributed by atoms with van der Waals surface area (Å²) >= 11 is 0. The van der Waals surface area contributed by atoms with Crippen molar-refractivity contribution in [1.29, 1.82) is 0 Å². The molecule has 0 atom stereocenters. The average molecular weight is 281 g/mol. The number of hydrogen-bond acceptors (Lipinski definition) is 5. The minimum atomic E-state index is -0.431. The highest BCUT2D eigenvalue weighted by Crippen LogP contribution is 2.32. The van der Waals surface area contributed by atoms with Crippen LogP contribution in [0.15, 0.2) is 43.0 Å². The number of anilines is 1. The van der Waals surface area contributed by atoms with E-state index in [1.807, 2.05) is 19.1 Å². The Bertz CT molecular complexity index is 789. The molecule has 104 valence electrons. The fourth-order valence-corrected chi connectivity index (χ4v) is 2.20. The maximum Gasteiger partial charge on any atom is 0.220 e. The van der Waals surface area contributed by atoms with Crippen molar-refractivity contribution in [3.63, 3.8) is 0 Å². The number of nitrogens with two attached hydrogens (primary N) is 1. The molecule has 0 aliphatic rings. The van der Waals surface area contributed by atoms with Crippen LogP contribution in [0.1, 0.15) is 5.69 Å². The summed E-state index contributed by atoms with van der Waals surface area (Å²) in [5.74, 6) is -0.293. The summed E-state index contributed by atoms with van der Waals surface area (Å²) in [6.45, 7) is 1.83. The van der Waals surface area contributed by atoms with E-state index >= 15 is 0 Å². The van der Waals surface area contributed by atoms with Gasteiger partial charge in [-0.2, -0.15) is 0 Å². The molecule has 3 heterocycles. The molecule has 0 saturated carbocycles. The summed E-state index contributed by atoms with van der Waals surface area (Å²) in [6, 6.07) is 5.08. The van der Waals surface area contributed by atoms with Gasteiger partial charge in [0.05, 0.1) is 17.6 Å². The third-order valence-electron chi connectivity index (χ3n) is 3.04. The first-order chi connectivity index (χ1) is 10.1. The Morgan fingerprint density at radius 3 is 2.57 bits per heavy atom. The van der Waals surface area contributed by atoms with Gasteiger partial charge in [-0.3, -0.25) is 9.97 Å². The third-order valence-corrected chi connectivity index (χ3v) is 3.04. The summed E-state index contributed by atoms with van der Waals surface area (Å²) in [7, 11) is 0. The quantitative estimate of drug-likeness (QED) is 0.781. The zero-order valence-electron chi connectivity index (χ0n) is 11.3. The van der Waals surface area contributed by atoms with E-state index in [4.69, 9.17) is 5.73 Å². The number of pyridine rings is 2. The zero-order chi connectivity index (χ0) is 14.8. The van der Waals surface area contributed by atoms with Gasteiger partial charge in [0.15, 0.2) is 0 Å². The van der Waals surface area contributed by atoms with E-state index in [9.17, 15) is 4.39 Å². The Morgan fingerprint density at radius 2 is 1.86 bits per heavy atom. The average Bonchev–Trinajstić information content (AvgIpc) is 2.47. The summed E-state index contributed by atoms with van der Waals surface area (Å²) < 4.78 is 13.4. The van der Waals surface area contributed by atoms with Crippen LogP contribution in [-0.4, -0.2) is 19.9 Å². The van der Waals surface area contributed by atoms with Crippen LogP contribution in [-0.2, 0) is 0 Å². The van der Waals surface area contributed by atoms with Gasteiger partial charge in [0, 0.05) is 35.3 Å². The van der Waals surface area contributed by atoms with Crippen LogP contribution >= 0.6 is 0 Å². The summed E-state index contributed by atoms with van der Waals surface area (Å²) in [5.41, 5.74) is 9.13. The van der Waals surface area contributed by atoms with E-state index in [1.165, 1.54) is 6.07 Å². The summed E-state index contributed by atoms with van der Waals surface area (Å²) in [5, 5.41) is 0. The lowest BCUT2D eigenvalue weighted by atomic mass is 10.0. The predicted octanol–water partition coefficient (Wildman–Crippen LogP) is 2.63. The van der Waals surface area contributed by atoms with Crippen molar-refractivity contribution in [3.05, 3.63) is 54.5 Å². The van der Waals surface area contributed by atoms with E-state index in [2.05, 4.69) is 19.9 Å². The van der Waals surface area contributed by atoms with Gasteiger partial charge in [0.25, 0.3) is 0 Å². The van der Waals surface area contributed by atoms with Gasteiger partial charge in [-0.15, -0.1) is 0 Å². The van der Waals surface area contributed by atoms with Crippen LogP contribution in [0.2, 0.25) is 0 Å². The highest BCUT2D eigenvalue weighted by atomic mass is 19.1. The molecule has 3 rings (SSSR count). The molecule has 0 bridgehead atoms. The fraction of sp³-hybridized carbons (Fsp3) is 0.0667. The minimum Gasteiger partial charge on any atom is -0.368 e. The standard InChI is InChI=1S/C15H12FN5/c1-9-13(10-3-2-4-18-6-10)14(21-15(17)20-9)11-5-12(16)8-19-7-11/h2-8H,1H3,(H2,17,20,21). The number of nitrogens with zero attached hydrogens (tertiary/aromatic N) is 4. The minimum absolute atomic E-state index is 0.138. The van der Waals surface area contributed by atoms with Crippen LogP contribution in [0.4, 0.5) is 10.3 Å². The van der Waals surface area contributed by atoms with Crippen molar-refractivity contribution < 1.29 is 4.39 Å². The smallest absolute Gasteiger partial charge is 0.220 e. The molecule has 5 nitrogen and oxygen atoms in total. The lowest BCUT2D eigenvalue weighted by molar-refractivity contribution is 0.622. The molecule has 6 heteroatoms. The molecule has 0 unspecified atom stereocenters. The Hall–Kier alpha value is -2.89. The third kappa shape index (κ3) is 2.55. The van der Waals surface area contributed by atoms with Crippen LogP contribution in [0.25, 0.3) is 22.4 Å². The second-order valence-corrected chi connectivity index (χ2v) is 4.52. The van der Waals surface area contributed by atoms with E-state index in [0.29, 0.717) is 17.0 Å². The lowest BCUT2D eigenvalue weighted by Crippen LogP contribution is -2.03. The molecule has 21 heavy (non-hydrogen) atoms. The number of aryl methyl sites for hydroxylation is 1. The van der Waals surface area contributed by atoms with Crippen molar-refractivity contribution in [1.82, 2.24) is 19.9 Å². The topological polar surface area (TPSA) is 77.6 Å². The molecule has 0 aromatic carbocycles. The molecular weight excluding hydrogens is 269 g/mol. The molecule has 2 N–H and O–H groups in total. The molecule has 0 spiro atoms. The van der Waals surface area contributed by atoms with Crippen molar-refractivity contribution in [2.45, 2.75) is 6.92 Å². The van der Waals surface area contributed by atoms with Gasteiger partial charge in [0.1, 0.15) is 5.82 Å². The molecule has 0 amide bonds. The number of halogens is 1. The number of hydrogen-bond donors (Lipinski definition) is 1. The fourth-order valence-electron chi connectivity index (χ4n) is 2.20. The van der Waals surface area contributed by atoms with Crippen LogP contribution in [0.3, 0.4) is 0 Å².